The van der Waals surface area contributed by atoms with Crippen molar-refractivity contribution >= 4 is 23.5 Å². The summed E-state index contributed by atoms with van der Waals surface area (Å²) in [6, 6.07) is 12.6. The summed E-state index contributed by atoms with van der Waals surface area (Å²) >= 11 is 6.12. The van der Waals surface area contributed by atoms with Crippen LogP contribution in [0, 0.1) is 11.7 Å². The lowest BCUT2D eigenvalue weighted by atomic mass is 10.1. The zero-order chi connectivity index (χ0) is 18.4. The molecule has 0 bridgehead atoms. The van der Waals surface area contributed by atoms with E-state index < -0.39 is 11.9 Å². The molecule has 0 saturated carbocycles. The van der Waals surface area contributed by atoms with Crippen LogP contribution in [0.1, 0.15) is 22.8 Å². The average molecular weight is 364 g/mol. The first-order valence-electron chi connectivity index (χ1n) is 7.78. The first-order valence-corrected chi connectivity index (χ1v) is 8.16. The van der Waals surface area contributed by atoms with Crippen LogP contribution in [0.4, 0.5) is 4.39 Å². The van der Waals surface area contributed by atoms with Crippen LogP contribution in [-0.4, -0.2) is 30.4 Å². The maximum Gasteiger partial charge on any atom is 0.310 e. The predicted molar refractivity (Wildman–Crippen MR) is 93.8 cm³/mol. The van der Waals surface area contributed by atoms with Crippen molar-refractivity contribution in [3.63, 3.8) is 0 Å². The highest BCUT2D eigenvalue weighted by Crippen LogP contribution is 2.20. The van der Waals surface area contributed by atoms with Gasteiger partial charge in [-0.1, -0.05) is 42.8 Å². The van der Waals surface area contributed by atoms with Crippen molar-refractivity contribution in [3.05, 3.63) is 70.5 Å². The van der Waals surface area contributed by atoms with Crippen molar-refractivity contribution in [1.82, 2.24) is 4.90 Å². The van der Waals surface area contributed by atoms with E-state index in [2.05, 4.69) is 0 Å². The number of methoxy groups -OCH3 is 1. The fourth-order valence-electron chi connectivity index (χ4n) is 2.44. The van der Waals surface area contributed by atoms with Crippen LogP contribution >= 0.6 is 11.6 Å². The van der Waals surface area contributed by atoms with Gasteiger partial charge in [-0.25, -0.2) is 4.39 Å². The molecule has 25 heavy (non-hydrogen) atoms. The Bertz CT molecular complexity index is 749. The van der Waals surface area contributed by atoms with E-state index in [-0.39, 0.29) is 24.8 Å². The highest BCUT2D eigenvalue weighted by atomic mass is 35.5. The van der Waals surface area contributed by atoms with E-state index in [1.165, 1.54) is 24.1 Å². The Labute approximate surface area is 151 Å². The lowest BCUT2D eigenvalue weighted by molar-refractivity contribution is -0.145. The maximum atomic E-state index is 13.1. The molecular formula is C19H19ClFNO3. The van der Waals surface area contributed by atoms with Crippen molar-refractivity contribution in [2.45, 2.75) is 13.5 Å². The summed E-state index contributed by atoms with van der Waals surface area (Å²) in [4.78, 5) is 26.1. The van der Waals surface area contributed by atoms with E-state index in [1.54, 1.807) is 43.3 Å². The van der Waals surface area contributed by atoms with Gasteiger partial charge in [0.15, 0.2) is 0 Å². The van der Waals surface area contributed by atoms with Gasteiger partial charge < -0.3 is 9.64 Å². The van der Waals surface area contributed by atoms with Crippen LogP contribution in [0.2, 0.25) is 5.02 Å². The van der Waals surface area contributed by atoms with Gasteiger partial charge in [0.2, 0.25) is 0 Å². The molecule has 0 aliphatic heterocycles. The Balaban J connectivity index is 2.27. The fourth-order valence-corrected chi connectivity index (χ4v) is 2.66. The number of hydrogen-bond acceptors (Lipinski definition) is 3. The molecule has 0 spiro atoms. The SMILES string of the molecule is COC(=O)C(C)CN(Cc1ccc(F)cc1)C(=O)c1ccccc1Cl. The smallest absolute Gasteiger partial charge is 0.310 e. The molecule has 132 valence electrons. The third kappa shape index (κ3) is 5.03. The number of halogens is 2. The van der Waals surface area contributed by atoms with Gasteiger partial charge in [-0.2, -0.15) is 0 Å². The first kappa shape index (κ1) is 18.9. The quantitative estimate of drug-likeness (QED) is 0.730. The molecule has 0 aliphatic rings. The zero-order valence-electron chi connectivity index (χ0n) is 14.0. The number of amides is 1. The van der Waals surface area contributed by atoms with Gasteiger partial charge in [0.05, 0.1) is 23.6 Å². The van der Waals surface area contributed by atoms with Crippen molar-refractivity contribution < 1.29 is 18.7 Å². The van der Waals surface area contributed by atoms with Gasteiger partial charge >= 0.3 is 5.97 Å². The average Bonchev–Trinajstić information content (AvgIpc) is 2.62. The molecule has 6 heteroatoms. The molecule has 0 radical (unpaired) electrons. The summed E-state index contributed by atoms with van der Waals surface area (Å²) in [6.45, 7) is 2.07. The number of carbonyl (C=O) groups is 2. The van der Waals surface area contributed by atoms with E-state index in [0.29, 0.717) is 10.6 Å². The van der Waals surface area contributed by atoms with Crippen LogP contribution in [0.15, 0.2) is 48.5 Å². The number of benzene rings is 2. The van der Waals surface area contributed by atoms with E-state index in [1.807, 2.05) is 0 Å². The highest BCUT2D eigenvalue weighted by Gasteiger charge is 2.24. The molecule has 1 unspecified atom stereocenters. The van der Waals surface area contributed by atoms with Crippen molar-refractivity contribution in [2.75, 3.05) is 13.7 Å². The Kier molecular flexibility index (Phi) is 6.53. The summed E-state index contributed by atoms with van der Waals surface area (Å²) < 4.78 is 17.8. The lowest BCUT2D eigenvalue weighted by Gasteiger charge is -2.25. The summed E-state index contributed by atoms with van der Waals surface area (Å²) in [5, 5.41) is 0.335. The Morgan fingerprint density at radius 2 is 1.80 bits per heavy atom. The minimum Gasteiger partial charge on any atom is -0.469 e. The van der Waals surface area contributed by atoms with Crippen molar-refractivity contribution in [1.29, 1.82) is 0 Å². The van der Waals surface area contributed by atoms with E-state index in [0.717, 1.165) is 5.56 Å². The molecule has 1 atom stereocenters. The topological polar surface area (TPSA) is 46.6 Å². The fraction of sp³-hybridized carbons (Fsp3) is 0.263. The number of rotatable bonds is 6. The summed E-state index contributed by atoms with van der Waals surface area (Å²) in [7, 11) is 1.30. The van der Waals surface area contributed by atoms with Gasteiger partial charge in [0.1, 0.15) is 5.82 Å². The van der Waals surface area contributed by atoms with Crippen LogP contribution in [0.25, 0.3) is 0 Å². The standard InChI is InChI=1S/C19H19ClFNO3/c1-13(19(24)25-2)11-22(12-14-7-9-15(21)10-8-14)18(23)16-5-3-4-6-17(16)20/h3-10,13H,11-12H2,1-2H3. The molecule has 0 fully saturated rings. The number of ether oxygens (including phenoxy) is 1. The summed E-state index contributed by atoms with van der Waals surface area (Å²) in [5.74, 6) is -1.56. The van der Waals surface area contributed by atoms with Gasteiger partial charge in [0.25, 0.3) is 5.91 Å². The normalized spacial score (nSPS) is 11.7. The van der Waals surface area contributed by atoms with Gasteiger partial charge in [-0.3, -0.25) is 9.59 Å². The number of nitrogens with zero attached hydrogens (tertiary/aromatic N) is 1. The van der Waals surface area contributed by atoms with E-state index in [4.69, 9.17) is 16.3 Å². The monoisotopic (exact) mass is 363 g/mol. The van der Waals surface area contributed by atoms with Gasteiger partial charge in [0, 0.05) is 13.1 Å². The summed E-state index contributed by atoms with van der Waals surface area (Å²) in [5.41, 5.74) is 1.10. The molecule has 0 saturated heterocycles. The Hall–Kier alpha value is -2.40. The maximum absolute atomic E-state index is 13.1. The first-order chi connectivity index (χ1) is 11.9. The van der Waals surface area contributed by atoms with Crippen LogP contribution in [0.3, 0.4) is 0 Å². The molecule has 0 heterocycles. The number of hydrogen-bond donors (Lipinski definition) is 0. The van der Waals surface area contributed by atoms with Crippen LogP contribution in [-0.2, 0) is 16.1 Å². The Morgan fingerprint density at radius 1 is 1.16 bits per heavy atom. The third-order valence-electron chi connectivity index (χ3n) is 3.78. The van der Waals surface area contributed by atoms with Crippen molar-refractivity contribution in [3.8, 4) is 0 Å². The second-order valence-corrected chi connectivity index (χ2v) is 6.12. The summed E-state index contributed by atoms with van der Waals surface area (Å²) in [6.07, 6.45) is 0. The van der Waals surface area contributed by atoms with Gasteiger partial charge in [-0.05, 0) is 29.8 Å². The minimum absolute atomic E-state index is 0.161. The third-order valence-corrected chi connectivity index (χ3v) is 4.11. The van der Waals surface area contributed by atoms with E-state index >= 15 is 0 Å². The Morgan fingerprint density at radius 3 is 2.40 bits per heavy atom. The second kappa shape index (κ2) is 8.62. The van der Waals surface area contributed by atoms with Crippen LogP contribution in [0.5, 0.6) is 0 Å². The molecule has 2 aromatic rings. The minimum atomic E-state index is -0.503. The predicted octanol–water partition coefficient (Wildman–Crippen LogP) is 3.93. The lowest BCUT2D eigenvalue weighted by Crippen LogP contribution is -2.37. The molecule has 0 aromatic heterocycles. The second-order valence-electron chi connectivity index (χ2n) is 5.72. The molecule has 0 aliphatic carbocycles. The zero-order valence-corrected chi connectivity index (χ0v) is 14.8. The van der Waals surface area contributed by atoms with E-state index in [9.17, 15) is 14.0 Å². The van der Waals surface area contributed by atoms with Crippen LogP contribution < -0.4 is 0 Å². The highest BCUT2D eigenvalue weighted by molar-refractivity contribution is 6.33. The molecule has 2 rings (SSSR count). The number of esters is 1. The molecule has 2 aromatic carbocycles. The molecular weight excluding hydrogens is 345 g/mol. The largest absolute Gasteiger partial charge is 0.469 e. The molecule has 0 N–H and O–H groups in total. The molecule has 1 amide bonds. The van der Waals surface area contributed by atoms with Gasteiger partial charge in [-0.15, -0.1) is 0 Å². The van der Waals surface area contributed by atoms with Crippen molar-refractivity contribution in [2.24, 2.45) is 5.92 Å². The molecule has 4 nitrogen and oxygen atoms in total. The number of carbonyl (C=O) groups excluding carboxylic acids is 2.